The predicted molar refractivity (Wildman–Crippen MR) is 56.7 cm³/mol. The molecule has 2 unspecified atom stereocenters. The van der Waals surface area contributed by atoms with Gasteiger partial charge in [-0.05, 0) is 25.7 Å². The van der Waals surface area contributed by atoms with Gasteiger partial charge in [0.25, 0.3) is 0 Å². The largest absolute Gasteiger partial charge is 0.0654 e. The molecule has 0 saturated carbocycles. The Morgan fingerprint density at radius 3 is 1.42 bits per heavy atom. The molecular formula is C12H24. The SMILES string of the molecule is [CH2]C(CCCC)C([CH2])CCCC. The molecule has 0 nitrogen and oxygen atoms in total. The Balaban J connectivity index is 3.39. The van der Waals surface area contributed by atoms with Crippen LogP contribution >= 0.6 is 0 Å². The lowest BCUT2D eigenvalue weighted by atomic mass is 9.87. The van der Waals surface area contributed by atoms with Crippen molar-refractivity contribution < 1.29 is 0 Å². The van der Waals surface area contributed by atoms with Crippen molar-refractivity contribution in [2.45, 2.75) is 52.4 Å². The van der Waals surface area contributed by atoms with Gasteiger partial charge in [0.15, 0.2) is 0 Å². The van der Waals surface area contributed by atoms with Gasteiger partial charge in [0.2, 0.25) is 0 Å². The van der Waals surface area contributed by atoms with Crippen molar-refractivity contribution in [1.29, 1.82) is 0 Å². The summed E-state index contributed by atoms with van der Waals surface area (Å²) in [5, 5.41) is 0. The van der Waals surface area contributed by atoms with Crippen LogP contribution in [0.25, 0.3) is 0 Å². The Morgan fingerprint density at radius 1 is 0.833 bits per heavy atom. The molecule has 72 valence electrons. The Labute approximate surface area is 78.8 Å². The molecule has 0 rings (SSSR count). The van der Waals surface area contributed by atoms with Gasteiger partial charge in [-0.3, -0.25) is 0 Å². The van der Waals surface area contributed by atoms with Crippen molar-refractivity contribution in [1.82, 2.24) is 0 Å². The number of hydrogen-bond donors (Lipinski definition) is 0. The van der Waals surface area contributed by atoms with Gasteiger partial charge in [-0.2, -0.15) is 0 Å². The number of rotatable bonds is 7. The van der Waals surface area contributed by atoms with Crippen molar-refractivity contribution >= 4 is 0 Å². The van der Waals surface area contributed by atoms with Crippen LogP contribution in [0.4, 0.5) is 0 Å². The minimum atomic E-state index is 0.580. The van der Waals surface area contributed by atoms with Gasteiger partial charge in [-0.25, -0.2) is 0 Å². The quantitative estimate of drug-likeness (QED) is 0.532. The zero-order valence-corrected chi connectivity index (χ0v) is 8.81. The maximum atomic E-state index is 4.17. The molecule has 0 saturated heterocycles. The first-order chi connectivity index (χ1) is 5.72. The molecule has 0 heterocycles. The van der Waals surface area contributed by atoms with Crippen LogP contribution in [0, 0.1) is 25.7 Å². The molecule has 0 aromatic heterocycles. The summed E-state index contributed by atoms with van der Waals surface area (Å²) in [6.45, 7) is 12.8. The van der Waals surface area contributed by atoms with E-state index in [4.69, 9.17) is 0 Å². The van der Waals surface area contributed by atoms with Gasteiger partial charge in [0.05, 0.1) is 0 Å². The van der Waals surface area contributed by atoms with Crippen molar-refractivity contribution in [3.05, 3.63) is 13.8 Å². The van der Waals surface area contributed by atoms with Gasteiger partial charge >= 0.3 is 0 Å². The fourth-order valence-corrected chi connectivity index (χ4v) is 1.40. The topological polar surface area (TPSA) is 0 Å². The van der Waals surface area contributed by atoms with Gasteiger partial charge in [0.1, 0.15) is 0 Å². The van der Waals surface area contributed by atoms with Crippen LogP contribution in [0.15, 0.2) is 0 Å². The molecule has 0 fully saturated rings. The van der Waals surface area contributed by atoms with Crippen LogP contribution in [0.1, 0.15) is 52.4 Å². The molecule has 0 spiro atoms. The average Bonchev–Trinajstić information content (AvgIpc) is 2.10. The second-order valence-electron chi connectivity index (χ2n) is 3.80. The molecule has 0 aliphatic heterocycles. The van der Waals surface area contributed by atoms with Crippen molar-refractivity contribution in [2.24, 2.45) is 11.8 Å². The van der Waals surface area contributed by atoms with Crippen LogP contribution < -0.4 is 0 Å². The summed E-state index contributed by atoms with van der Waals surface area (Å²) >= 11 is 0. The summed E-state index contributed by atoms with van der Waals surface area (Å²) in [4.78, 5) is 0. The summed E-state index contributed by atoms with van der Waals surface area (Å²) in [6.07, 6.45) is 7.71. The van der Waals surface area contributed by atoms with E-state index in [0.717, 1.165) is 0 Å². The highest BCUT2D eigenvalue weighted by atomic mass is 14.2. The Hall–Kier alpha value is 0. The Bertz CT molecular complexity index is 74.0. The van der Waals surface area contributed by atoms with Crippen molar-refractivity contribution in [3.63, 3.8) is 0 Å². The molecule has 0 amide bonds. The van der Waals surface area contributed by atoms with Crippen LogP contribution in [-0.4, -0.2) is 0 Å². The fourth-order valence-electron chi connectivity index (χ4n) is 1.40. The average molecular weight is 168 g/mol. The second kappa shape index (κ2) is 7.64. The maximum Gasteiger partial charge on any atom is -0.0386 e. The van der Waals surface area contributed by atoms with Gasteiger partial charge in [0, 0.05) is 0 Å². The van der Waals surface area contributed by atoms with E-state index >= 15 is 0 Å². The smallest absolute Gasteiger partial charge is 0.0386 e. The molecule has 2 radical (unpaired) electrons. The minimum Gasteiger partial charge on any atom is -0.0654 e. The molecule has 0 aromatic rings. The van der Waals surface area contributed by atoms with Crippen LogP contribution in [0.2, 0.25) is 0 Å². The third kappa shape index (κ3) is 5.62. The maximum absolute atomic E-state index is 4.17. The summed E-state index contributed by atoms with van der Waals surface area (Å²) in [5.74, 6) is 1.16. The summed E-state index contributed by atoms with van der Waals surface area (Å²) in [7, 11) is 0. The first-order valence-corrected chi connectivity index (χ1v) is 5.38. The Kier molecular flexibility index (Phi) is 7.64. The Morgan fingerprint density at radius 2 is 1.17 bits per heavy atom. The van der Waals surface area contributed by atoms with Gasteiger partial charge in [-0.15, -0.1) is 0 Å². The van der Waals surface area contributed by atoms with E-state index < -0.39 is 0 Å². The van der Waals surface area contributed by atoms with Crippen molar-refractivity contribution in [3.8, 4) is 0 Å². The molecule has 0 heteroatoms. The summed E-state index contributed by atoms with van der Waals surface area (Å²) < 4.78 is 0. The lowest BCUT2D eigenvalue weighted by molar-refractivity contribution is 0.392. The normalized spacial score (nSPS) is 16.0. The highest BCUT2D eigenvalue weighted by molar-refractivity contribution is 4.73. The first kappa shape index (κ1) is 12.0. The van der Waals surface area contributed by atoms with E-state index in [1.165, 1.54) is 38.5 Å². The molecule has 0 aliphatic carbocycles. The van der Waals surface area contributed by atoms with E-state index in [0.29, 0.717) is 11.8 Å². The van der Waals surface area contributed by atoms with E-state index in [1.807, 2.05) is 0 Å². The highest BCUT2D eigenvalue weighted by Gasteiger charge is 2.10. The zero-order valence-electron chi connectivity index (χ0n) is 8.81. The molecule has 0 aliphatic rings. The van der Waals surface area contributed by atoms with Gasteiger partial charge < -0.3 is 0 Å². The number of unbranched alkanes of at least 4 members (excludes halogenated alkanes) is 2. The van der Waals surface area contributed by atoms with E-state index in [2.05, 4.69) is 27.7 Å². The molecule has 0 bridgehead atoms. The second-order valence-corrected chi connectivity index (χ2v) is 3.80. The standard InChI is InChI=1S/C12H24/c1-5-7-9-11(3)12(4)10-8-6-2/h11-12H,3-10H2,1-2H3. The lowest BCUT2D eigenvalue weighted by Crippen LogP contribution is -2.08. The lowest BCUT2D eigenvalue weighted by Gasteiger charge is -2.18. The monoisotopic (exact) mass is 168 g/mol. The zero-order chi connectivity index (χ0) is 9.40. The molecule has 12 heavy (non-hydrogen) atoms. The summed E-state index contributed by atoms with van der Waals surface area (Å²) in [5.41, 5.74) is 0. The minimum absolute atomic E-state index is 0.580. The highest BCUT2D eigenvalue weighted by Crippen LogP contribution is 2.21. The molecule has 0 N–H and O–H groups in total. The van der Waals surface area contributed by atoms with E-state index in [9.17, 15) is 0 Å². The van der Waals surface area contributed by atoms with E-state index in [-0.39, 0.29) is 0 Å². The van der Waals surface area contributed by atoms with Gasteiger partial charge in [-0.1, -0.05) is 52.4 Å². The van der Waals surface area contributed by atoms with Crippen LogP contribution in [-0.2, 0) is 0 Å². The third-order valence-electron chi connectivity index (χ3n) is 2.52. The molecular weight excluding hydrogens is 144 g/mol. The first-order valence-electron chi connectivity index (χ1n) is 5.38. The molecule has 2 atom stereocenters. The third-order valence-corrected chi connectivity index (χ3v) is 2.52. The number of hydrogen-bond acceptors (Lipinski definition) is 0. The van der Waals surface area contributed by atoms with Crippen LogP contribution in [0.3, 0.4) is 0 Å². The van der Waals surface area contributed by atoms with Crippen LogP contribution in [0.5, 0.6) is 0 Å². The molecule has 0 aromatic carbocycles. The predicted octanol–water partition coefficient (Wildman–Crippen LogP) is 4.27. The summed E-state index contributed by atoms with van der Waals surface area (Å²) in [6, 6.07) is 0. The fraction of sp³-hybridized carbons (Fsp3) is 0.833. The van der Waals surface area contributed by atoms with E-state index in [1.54, 1.807) is 0 Å². The van der Waals surface area contributed by atoms with Crippen molar-refractivity contribution in [2.75, 3.05) is 0 Å².